The number of amides is 2. The van der Waals surface area contributed by atoms with Crippen molar-refractivity contribution in [3.05, 3.63) is 59.7 Å². The van der Waals surface area contributed by atoms with Crippen LogP contribution in [0.5, 0.6) is 0 Å². The van der Waals surface area contributed by atoms with E-state index in [-0.39, 0.29) is 25.0 Å². The van der Waals surface area contributed by atoms with Gasteiger partial charge in [0, 0.05) is 12.5 Å². The number of carboxylic acids is 1. The molecule has 2 atom stereocenters. The lowest BCUT2D eigenvalue weighted by atomic mass is 9.87. The second-order valence-corrected chi connectivity index (χ2v) is 9.59. The first-order valence-corrected chi connectivity index (χ1v) is 11.8. The van der Waals surface area contributed by atoms with Crippen molar-refractivity contribution in [2.24, 2.45) is 11.3 Å². The third kappa shape index (κ3) is 5.58. The lowest BCUT2D eigenvalue weighted by molar-refractivity contribution is -0.148. The number of hydrogen-bond donors (Lipinski definition) is 3. The smallest absolute Gasteiger partial charge is 0.407 e. The van der Waals surface area contributed by atoms with Gasteiger partial charge >= 0.3 is 12.1 Å². The SMILES string of the molecule is CCC(C)(CNC(=O)C(CC(C)C)NC(=O)OCC1c2ccccc2-c2ccccc21)C(=O)O. The van der Waals surface area contributed by atoms with Crippen LogP contribution in [0.15, 0.2) is 48.5 Å². The average Bonchev–Trinajstić information content (AvgIpc) is 3.14. The Balaban J connectivity index is 1.64. The Labute approximate surface area is 200 Å². The number of hydrogen-bond acceptors (Lipinski definition) is 4. The predicted molar refractivity (Wildman–Crippen MR) is 130 cm³/mol. The molecule has 2 unspecified atom stereocenters. The molecule has 3 N–H and O–H groups in total. The Morgan fingerprint density at radius 2 is 1.59 bits per heavy atom. The highest BCUT2D eigenvalue weighted by molar-refractivity contribution is 5.86. The molecule has 0 saturated heterocycles. The van der Waals surface area contributed by atoms with Crippen LogP contribution in [0, 0.1) is 11.3 Å². The fraction of sp³-hybridized carbons (Fsp3) is 0.444. The number of fused-ring (bicyclic) bond motifs is 3. The molecule has 3 rings (SSSR count). The van der Waals surface area contributed by atoms with Gasteiger partial charge in [0.1, 0.15) is 12.6 Å². The first kappa shape index (κ1) is 25.3. The van der Waals surface area contributed by atoms with Gasteiger partial charge in [0.2, 0.25) is 5.91 Å². The first-order chi connectivity index (χ1) is 16.2. The standard InChI is InChI=1S/C27H34N2O5/c1-5-27(4,25(31)32)16-28-24(30)23(14-17(2)3)29-26(33)34-15-22-20-12-8-6-10-18(20)19-11-7-9-13-21(19)22/h6-13,17,22-23H,5,14-16H2,1-4H3,(H,28,30)(H,29,33)(H,31,32). The third-order valence-electron chi connectivity index (χ3n) is 6.61. The fourth-order valence-corrected chi connectivity index (χ4v) is 4.24. The van der Waals surface area contributed by atoms with Crippen LogP contribution >= 0.6 is 0 Å². The zero-order valence-corrected chi connectivity index (χ0v) is 20.3. The Kier molecular flexibility index (Phi) is 7.97. The predicted octanol–water partition coefficient (Wildman–Crippen LogP) is 4.56. The molecular formula is C27H34N2O5. The van der Waals surface area contributed by atoms with Crippen LogP contribution in [0.1, 0.15) is 57.6 Å². The molecule has 2 aromatic carbocycles. The number of nitrogens with one attached hydrogen (secondary N) is 2. The topological polar surface area (TPSA) is 105 Å². The van der Waals surface area contributed by atoms with E-state index < -0.39 is 29.4 Å². The Morgan fingerprint density at radius 3 is 2.09 bits per heavy atom. The summed E-state index contributed by atoms with van der Waals surface area (Å²) in [5.41, 5.74) is 3.44. The highest BCUT2D eigenvalue weighted by Gasteiger charge is 2.33. The summed E-state index contributed by atoms with van der Waals surface area (Å²) in [7, 11) is 0. The van der Waals surface area contributed by atoms with Crippen LogP contribution < -0.4 is 10.6 Å². The molecule has 0 spiro atoms. The maximum Gasteiger partial charge on any atom is 0.407 e. The van der Waals surface area contributed by atoms with Crippen molar-refractivity contribution in [2.75, 3.05) is 13.2 Å². The molecule has 7 heteroatoms. The van der Waals surface area contributed by atoms with Crippen molar-refractivity contribution >= 4 is 18.0 Å². The number of carbonyl (C=O) groups excluding carboxylic acids is 2. The minimum atomic E-state index is -1.07. The minimum absolute atomic E-state index is 0.0152. The second kappa shape index (κ2) is 10.7. The van der Waals surface area contributed by atoms with E-state index in [0.717, 1.165) is 22.3 Å². The van der Waals surface area contributed by atoms with E-state index >= 15 is 0 Å². The van der Waals surface area contributed by atoms with Crippen molar-refractivity contribution in [1.82, 2.24) is 10.6 Å². The van der Waals surface area contributed by atoms with Crippen molar-refractivity contribution in [1.29, 1.82) is 0 Å². The molecule has 182 valence electrons. The number of carbonyl (C=O) groups is 3. The second-order valence-electron chi connectivity index (χ2n) is 9.59. The lowest BCUT2D eigenvalue weighted by Gasteiger charge is -2.26. The van der Waals surface area contributed by atoms with Crippen molar-refractivity contribution in [2.45, 2.75) is 52.5 Å². The summed E-state index contributed by atoms with van der Waals surface area (Å²) < 4.78 is 5.58. The maximum absolute atomic E-state index is 12.8. The molecule has 0 heterocycles. The molecule has 1 aliphatic carbocycles. The molecule has 1 aliphatic rings. The molecular weight excluding hydrogens is 432 g/mol. The summed E-state index contributed by atoms with van der Waals surface area (Å²) in [6.07, 6.45) is 0.114. The van der Waals surface area contributed by atoms with Gasteiger partial charge in [0.05, 0.1) is 5.41 Å². The van der Waals surface area contributed by atoms with Crippen LogP contribution in [0.2, 0.25) is 0 Å². The van der Waals surface area contributed by atoms with E-state index in [4.69, 9.17) is 4.74 Å². The van der Waals surface area contributed by atoms with Gasteiger partial charge in [-0.05, 0) is 47.9 Å². The highest BCUT2D eigenvalue weighted by Crippen LogP contribution is 2.44. The van der Waals surface area contributed by atoms with Gasteiger partial charge < -0.3 is 20.5 Å². The Bertz CT molecular complexity index is 1010. The molecule has 0 aromatic heterocycles. The molecule has 34 heavy (non-hydrogen) atoms. The van der Waals surface area contributed by atoms with Gasteiger partial charge in [-0.3, -0.25) is 9.59 Å². The number of ether oxygens (including phenoxy) is 1. The van der Waals surface area contributed by atoms with Gasteiger partial charge in [0.25, 0.3) is 0 Å². The van der Waals surface area contributed by atoms with Crippen molar-refractivity contribution in [3.63, 3.8) is 0 Å². The first-order valence-electron chi connectivity index (χ1n) is 11.8. The Hall–Kier alpha value is -3.35. The fourth-order valence-electron chi connectivity index (χ4n) is 4.24. The summed E-state index contributed by atoms with van der Waals surface area (Å²) in [6, 6.07) is 15.3. The minimum Gasteiger partial charge on any atom is -0.481 e. The van der Waals surface area contributed by atoms with Gasteiger partial charge in [-0.15, -0.1) is 0 Å². The number of carboxylic acid groups (broad SMARTS) is 1. The third-order valence-corrected chi connectivity index (χ3v) is 6.61. The van der Waals surface area contributed by atoms with E-state index in [1.807, 2.05) is 50.2 Å². The zero-order valence-electron chi connectivity index (χ0n) is 20.3. The summed E-state index contributed by atoms with van der Waals surface area (Å²) >= 11 is 0. The van der Waals surface area contributed by atoms with Gasteiger partial charge in [0.15, 0.2) is 0 Å². The van der Waals surface area contributed by atoms with E-state index in [9.17, 15) is 19.5 Å². The van der Waals surface area contributed by atoms with Crippen LogP contribution in [-0.2, 0) is 14.3 Å². The van der Waals surface area contributed by atoms with Crippen LogP contribution in [0.4, 0.5) is 4.79 Å². The quantitative estimate of drug-likeness (QED) is 0.476. The van der Waals surface area contributed by atoms with E-state index in [1.165, 1.54) is 0 Å². The summed E-state index contributed by atoms with van der Waals surface area (Å²) in [6.45, 7) is 7.40. The normalized spacial score (nSPS) is 15.1. The van der Waals surface area contributed by atoms with E-state index in [1.54, 1.807) is 13.8 Å². The van der Waals surface area contributed by atoms with Crippen molar-refractivity contribution in [3.8, 4) is 11.1 Å². The number of benzene rings is 2. The molecule has 0 fully saturated rings. The largest absolute Gasteiger partial charge is 0.481 e. The molecule has 0 saturated carbocycles. The number of aliphatic carboxylic acids is 1. The Morgan fingerprint density at radius 1 is 1.03 bits per heavy atom. The lowest BCUT2D eigenvalue weighted by Crippen LogP contribution is -2.50. The van der Waals surface area contributed by atoms with Gasteiger partial charge in [-0.25, -0.2) is 4.79 Å². The monoisotopic (exact) mass is 466 g/mol. The molecule has 0 aliphatic heterocycles. The summed E-state index contributed by atoms with van der Waals surface area (Å²) in [5, 5.41) is 14.8. The van der Waals surface area contributed by atoms with Gasteiger partial charge in [-0.1, -0.05) is 69.3 Å². The van der Waals surface area contributed by atoms with Crippen LogP contribution in [0.3, 0.4) is 0 Å². The van der Waals surface area contributed by atoms with Crippen LogP contribution in [-0.4, -0.2) is 42.3 Å². The summed E-state index contributed by atoms with van der Waals surface area (Å²) in [5.74, 6) is -1.32. The number of rotatable bonds is 10. The zero-order chi connectivity index (χ0) is 24.9. The van der Waals surface area contributed by atoms with E-state index in [0.29, 0.717) is 12.8 Å². The average molecular weight is 467 g/mol. The van der Waals surface area contributed by atoms with Crippen LogP contribution in [0.25, 0.3) is 11.1 Å². The number of alkyl carbamates (subject to hydrolysis) is 1. The molecule has 0 radical (unpaired) electrons. The maximum atomic E-state index is 12.8. The highest BCUT2D eigenvalue weighted by atomic mass is 16.5. The molecule has 2 amide bonds. The molecule has 7 nitrogen and oxygen atoms in total. The van der Waals surface area contributed by atoms with E-state index in [2.05, 4.69) is 22.8 Å². The molecule has 2 aromatic rings. The van der Waals surface area contributed by atoms with Crippen molar-refractivity contribution < 1.29 is 24.2 Å². The van der Waals surface area contributed by atoms with Gasteiger partial charge in [-0.2, -0.15) is 0 Å². The summed E-state index contributed by atoms with van der Waals surface area (Å²) in [4.78, 5) is 37.0. The molecule has 0 bridgehead atoms.